The third-order valence-corrected chi connectivity index (χ3v) is 5.37. The molecule has 0 bridgehead atoms. The maximum Gasteiger partial charge on any atom is 0.241 e. The van der Waals surface area contributed by atoms with Gasteiger partial charge in [-0.3, -0.25) is 9.59 Å². The van der Waals surface area contributed by atoms with Gasteiger partial charge in [-0.2, -0.15) is 0 Å². The lowest BCUT2D eigenvalue weighted by atomic mass is 10.2. The molecule has 0 heterocycles. The van der Waals surface area contributed by atoms with Crippen LogP contribution in [0.2, 0.25) is 0 Å². The molecule has 10 heteroatoms. The Morgan fingerprint density at radius 3 is 2.10 bits per heavy atom. The zero-order chi connectivity index (χ0) is 22.0. The second kappa shape index (κ2) is 11.2. The first-order valence-electron chi connectivity index (χ1n) is 9.17. The van der Waals surface area contributed by atoms with Crippen LogP contribution in [-0.4, -0.2) is 53.6 Å². The normalized spacial score (nSPS) is 10.9. The van der Waals surface area contributed by atoms with Crippen molar-refractivity contribution in [1.29, 1.82) is 0 Å². The lowest BCUT2D eigenvalue weighted by Gasteiger charge is -2.10. The van der Waals surface area contributed by atoms with Crippen LogP contribution >= 0.6 is 0 Å². The lowest BCUT2D eigenvalue weighted by molar-refractivity contribution is -0.125. The summed E-state index contributed by atoms with van der Waals surface area (Å²) < 4.78 is 37.0. The van der Waals surface area contributed by atoms with Gasteiger partial charge in [0, 0.05) is 0 Å². The SMILES string of the molecule is COc1ccc(OCCNC(=O)CNC(=O)CNS(=O)(=O)c2ccc(C)cc2)cc1. The number of ether oxygens (including phenoxy) is 2. The van der Waals surface area contributed by atoms with E-state index in [1.54, 1.807) is 43.5 Å². The molecule has 0 aromatic heterocycles. The Morgan fingerprint density at radius 2 is 1.47 bits per heavy atom. The number of carbonyl (C=O) groups is 2. The highest BCUT2D eigenvalue weighted by molar-refractivity contribution is 7.89. The van der Waals surface area contributed by atoms with Gasteiger partial charge in [-0.15, -0.1) is 0 Å². The van der Waals surface area contributed by atoms with Gasteiger partial charge in [0.25, 0.3) is 0 Å². The average Bonchev–Trinajstić information content (AvgIpc) is 2.74. The van der Waals surface area contributed by atoms with Crippen LogP contribution in [-0.2, 0) is 19.6 Å². The fourth-order valence-electron chi connectivity index (χ4n) is 2.30. The van der Waals surface area contributed by atoms with E-state index in [1.807, 2.05) is 6.92 Å². The summed E-state index contributed by atoms with van der Waals surface area (Å²) in [5, 5.41) is 4.95. The van der Waals surface area contributed by atoms with E-state index in [0.29, 0.717) is 11.5 Å². The number of sulfonamides is 1. The molecule has 9 nitrogen and oxygen atoms in total. The Hall–Kier alpha value is -3.11. The van der Waals surface area contributed by atoms with Gasteiger partial charge >= 0.3 is 0 Å². The molecule has 0 aliphatic rings. The molecule has 0 atom stereocenters. The topological polar surface area (TPSA) is 123 Å². The molecule has 162 valence electrons. The van der Waals surface area contributed by atoms with Gasteiger partial charge in [0.05, 0.1) is 31.6 Å². The van der Waals surface area contributed by atoms with Crippen molar-refractivity contribution in [3.63, 3.8) is 0 Å². The molecule has 0 fully saturated rings. The molecule has 2 amide bonds. The van der Waals surface area contributed by atoms with E-state index >= 15 is 0 Å². The number of nitrogens with one attached hydrogen (secondary N) is 3. The molecule has 0 aliphatic heterocycles. The average molecular weight is 436 g/mol. The van der Waals surface area contributed by atoms with Crippen LogP contribution in [0.3, 0.4) is 0 Å². The molecule has 0 unspecified atom stereocenters. The molecule has 0 saturated heterocycles. The zero-order valence-electron chi connectivity index (χ0n) is 16.8. The van der Waals surface area contributed by atoms with Crippen LogP contribution in [0.25, 0.3) is 0 Å². The van der Waals surface area contributed by atoms with Gasteiger partial charge in [0.2, 0.25) is 21.8 Å². The highest BCUT2D eigenvalue weighted by Crippen LogP contribution is 2.16. The fraction of sp³-hybridized carbons (Fsp3) is 0.300. The van der Waals surface area contributed by atoms with E-state index in [9.17, 15) is 18.0 Å². The second-order valence-electron chi connectivity index (χ2n) is 6.29. The van der Waals surface area contributed by atoms with Crippen molar-refractivity contribution < 1.29 is 27.5 Å². The van der Waals surface area contributed by atoms with Crippen LogP contribution in [0.15, 0.2) is 53.4 Å². The number of hydrogen-bond acceptors (Lipinski definition) is 6. The maximum absolute atomic E-state index is 12.1. The van der Waals surface area contributed by atoms with Gasteiger partial charge in [-0.1, -0.05) is 17.7 Å². The number of amides is 2. The third kappa shape index (κ3) is 7.72. The number of carbonyl (C=O) groups excluding carboxylic acids is 2. The predicted molar refractivity (Wildman–Crippen MR) is 111 cm³/mol. The first kappa shape index (κ1) is 23.2. The van der Waals surface area contributed by atoms with E-state index in [4.69, 9.17) is 9.47 Å². The summed E-state index contributed by atoms with van der Waals surface area (Å²) in [6.07, 6.45) is 0. The molecule has 30 heavy (non-hydrogen) atoms. The molecule has 2 aromatic rings. The molecule has 3 N–H and O–H groups in total. The molecule has 0 radical (unpaired) electrons. The van der Waals surface area contributed by atoms with Crippen molar-refractivity contribution >= 4 is 21.8 Å². The summed E-state index contributed by atoms with van der Waals surface area (Å²) in [6.45, 7) is 1.61. The van der Waals surface area contributed by atoms with Crippen LogP contribution in [0.4, 0.5) is 0 Å². The summed E-state index contributed by atoms with van der Waals surface area (Å²) in [6, 6.07) is 13.3. The number of aryl methyl sites for hydroxylation is 1. The van der Waals surface area contributed by atoms with Crippen molar-refractivity contribution in [3.8, 4) is 11.5 Å². The second-order valence-corrected chi connectivity index (χ2v) is 8.06. The summed E-state index contributed by atoms with van der Waals surface area (Å²) >= 11 is 0. The Kier molecular flexibility index (Phi) is 8.63. The quantitative estimate of drug-likeness (QED) is 0.444. The van der Waals surface area contributed by atoms with Crippen molar-refractivity contribution in [3.05, 3.63) is 54.1 Å². The highest BCUT2D eigenvalue weighted by atomic mass is 32.2. The van der Waals surface area contributed by atoms with Crippen molar-refractivity contribution in [2.45, 2.75) is 11.8 Å². The predicted octanol–water partition coefficient (Wildman–Crippen LogP) is 0.593. The van der Waals surface area contributed by atoms with Crippen molar-refractivity contribution in [2.75, 3.05) is 33.4 Å². The van der Waals surface area contributed by atoms with Crippen LogP contribution in [0.1, 0.15) is 5.56 Å². The van der Waals surface area contributed by atoms with Gasteiger partial charge in [0.1, 0.15) is 18.1 Å². The van der Waals surface area contributed by atoms with Gasteiger partial charge in [-0.25, -0.2) is 13.1 Å². The summed E-state index contributed by atoms with van der Waals surface area (Å²) in [5.41, 5.74) is 0.923. The summed E-state index contributed by atoms with van der Waals surface area (Å²) in [5.74, 6) is 0.324. The van der Waals surface area contributed by atoms with E-state index < -0.39 is 28.4 Å². The van der Waals surface area contributed by atoms with Crippen LogP contribution < -0.4 is 24.8 Å². The minimum absolute atomic E-state index is 0.0653. The van der Waals surface area contributed by atoms with E-state index in [0.717, 1.165) is 5.56 Å². The Bertz CT molecular complexity index is 944. The standard InChI is InChI=1S/C20H25N3O6S/c1-15-3-9-18(10-4-15)30(26,27)23-14-20(25)22-13-19(24)21-11-12-29-17-7-5-16(28-2)6-8-17/h3-10,23H,11-14H2,1-2H3,(H,21,24)(H,22,25). The number of benzene rings is 2. The molecule has 0 saturated carbocycles. The van der Waals surface area contributed by atoms with Gasteiger partial charge < -0.3 is 20.1 Å². The number of hydrogen-bond donors (Lipinski definition) is 3. The first-order valence-corrected chi connectivity index (χ1v) is 10.6. The minimum Gasteiger partial charge on any atom is -0.497 e. The monoisotopic (exact) mass is 435 g/mol. The smallest absolute Gasteiger partial charge is 0.241 e. The Balaban J connectivity index is 1.62. The third-order valence-electron chi connectivity index (χ3n) is 3.95. The lowest BCUT2D eigenvalue weighted by Crippen LogP contribution is -2.42. The first-order chi connectivity index (χ1) is 14.3. The molecule has 0 spiro atoms. The fourth-order valence-corrected chi connectivity index (χ4v) is 3.28. The molecule has 2 rings (SSSR count). The molecule has 0 aliphatic carbocycles. The van der Waals surface area contributed by atoms with E-state index in [-0.39, 0.29) is 24.6 Å². The number of rotatable bonds is 11. The maximum atomic E-state index is 12.1. The largest absolute Gasteiger partial charge is 0.497 e. The van der Waals surface area contributed by atoms with Crippen LogP contribution in [0, 0.1) is 6.92 Å². The molecular weight excluding hydrogens is 410 g/mol. The Labute approximate surface area is 175 Å². The summed E-state index contributed by atoms with van der Waals surface area (Å²) in [7, 11) is -2.22. The molecular formula is C20H25N3O6S. The highest BCUT2D eigenvalue weighted by Gasteiger charge is 2.15. The van der Waals surface area contributed by atoms with E-state index in [2.05, 4.69) is 15.4 Å². The zero-order valence-corrected chi connectivity index (χ0v) is 17.6. The van der Waals surface area contributed by atoms with Gasteiger partial charge in [-0.05, 0) is 43.3 Å². The van der Waals surface area contributed by atoms with Gasteiger partial charge in [0.15, 0.2) is 0 Å². The summed E-state index contributed by atoms with van der Waals surface area (Å²) in [4.78, 5) is 23.6. The molecule has 2 aromatic carbocycles. The van der Waals surface area contributed by atoms with Crippen LogP contribution in [0.5, 0.6) is 11.5 Å². The van der Waals surface area contributed by atoms with Crippen molar-refractivity contribution in [2.24, 2.45) is 0 Å². The minimum atomic E-state index is -3.79. The van der Waals surface area contributed by atoms with Crippen molar-refractivity contribution in [1.82, 2.24) is 15.4 Å². The van der Waals surface area contributed by atoms with E-state index in [1.165, 1.54) is 12.1 Å². The Morgan fingerprint density at radius 1 is 0.867 bits per heavy atom. The number of methoxy groups -OCH3 is 1.